The van der Waals surface area contributed by atoms with E-state index in [1.54, 1.807) is 0 Å². The highest BCUT2D eigenvalue weighted by Gasteiger charge is 2.14. The van der Waals surface area contributed by atoms with Crippen LogP contribution in [0.15, 0.2) is 72.8 Å². The lowest BCUT2D eigenvalue weighted by molar-refractivity contribution is 0.0953. The minimum Gasteiger partial charge on any atom is -0.352 e. The van der Waals surface area contributed by atoms with Crippen molar-refractivity contribution in [2.45, 2.75) is 65.3 Å². The second-order valence-corrected chi connectivity index (χ2v) is 10.5. The zero-order valence-corrected chi connectivity index (χ0v) is 21.5. The molecule has 0 saturated carbocycles. The van der Waals surface area contributed by atoms with Crippen LogP contribution in [0, 0.1) is 6.92 Å². The highest BCUT2D eigenvalue weighted by atomic mass is 16.1. The number of fused-ring (bicyclic) bond motifs is 1. The van der Waals surface area contributed by atoms with Crippen molar-refractivity contribution in [3.63, 3.8) is 0 Å². The SMILES string of the molecule is Cc1ccc(C(=O)NCCCCCc2nc3ccccc3n2Cc2ccc(C(C)(C)C)cc2)cc1. The van der Waals surface area contributed by atoms with E-state index >= 15 is 0 Å². The third kappa shape index (κ3) is 6.39. The predicted octanol–water partition coefficient (Wildman–Crippen LogP) is 6.83. The number of nitrogens with one attached hydrogen (secondary N) is 1. The first-order valence-electron chi connectivity index (χ1n) is 12.7. The fourth-order valence-electron chi connectivity index (χ4n) is 4.38. The molecule has 0 unspecified atom stereocenters. The van der Waals surface area contributed by atoms with Crippen LogP contribution >= 0.6 is 0 Å². The Morgan fingerprint density at radius 1 is 0.886 bits per heavy atom. The van der Waals surface area contributed by atoms with Gasteiger partial charge in [-0.05, 0) is 60.6 Å². The van der Waals surface area contributed by atoms with Gasteiger partial charge in [-0.3, -0.25) is 4.79 Å². The molecule has 0 saturated heterocycles. The molecule has 0 fully saturated rings. The zero-order chi connectivity index (χ0) is 24.8. The van der Waals surface area contributed by atoms with Crippen molar-refractivity contribution in [2.75, 3.05) is 6.54 Å². The minimum absolute atomic E-state index is 0.00396. The van der Waals surface area contributed by atoms with Gasteiger partial charge in [-0.2, -0.15) is 0 Å². The number of hydrogen-bond acceptors (Lipinski definition) is 2. The first-order chi connectivity index (χ1) is 16.8. The molecule has 1 heterocycles. The molecule has 4 heteroatoms. The molecule has 0 bridgehead atoms. The topological polar surface area (TPSA) is 46.9 Å². The first-order valence-corrected chi connectivity index (χ1v) is 12.7. The van der Waals surface area contributed by atoms with Crippen molar-refractivity contribution in [3.05, 3.63) is 101 Å². The van der Waals surface area contributed by atoms with Crippen molar-refractivity contribution in [1.82, 2.24) is 14.9 Å². The Hall–Kier alpha value is -3.40. The van der Waals surface area contributed by atoms with Crippen molar-refractivity contribution < 1.29 is 4.79 Å². The smallest absolute Gasteiger partial charge is 0.251 e. The Bertz CT molecular complexity index is 1260. The maximum atomic E-state index is 12.3. The van der Waals surface area contributed by atoms with Gasteiger partial charge in [-0.15, -0.1) is 0 Å². The molecule has 1 aromatic heterocycles. The van der Waals surface area contributed by atoms with E-state index in [0.717, 1.165) is 54.7 Å². The molecule has 4 nitrogen and oxygen atoms in total. The number of para-hydroxylation sites is 2. The second kappa shape index (κ2) is 10.9. The maximum Gasteiger partial charge on any atom is 0.251 e. The summed E-state index contributed by atoms with van der Waals surface area (Å²) in [5.74, 6) is 1.14. The average Bonchev–Trinajstić information content (AvgIpc) is 3.18. The summed E-state index contributed by atoms with van der Waals surface area (Å²) >= 11 is 0. The summed E-state index contributed by atoms with van der Waals surface area (Å²) in [5.41, 5.74) is 6.93. The Labute approximate surface area is 209 Å². The molecule has 4 rings (SSSR count). The molecule has 0 aliphatic carbocycles. The number of rotatable bonds is 9. The largest absolute Gasteiger partial charge is 0.352 e. The molecule has 0 aliphatic rings. The first kappa shape index (κ1) is 24.7. The Morgan fingerprint density at radius 3 is 2.31 bits per heavy atom. The van der Waals surface area contributed by atoms with Crippen molar-refractivity contribution in [2.24, 2.45) is 0 Å². The van der Waals surface area contributed by atoms with E-state index in [1.807, 2.05) is 31.2 Å². The molecular weight excluding hydrogens is 430 g/mol. The molecule has 0 atom stereocenters. The molecule has 0 spiro atoms. The van der Waals surface area contributed by atoms with E-state index in [9.17, 15) is 4.79 Å². The van der Waals surface area contributed by atoms with E-state index in [1.165, 1.54) is 16.6 Å². The van der Waals surface area contributed by atoms with Crippen molar-refractivity contribution >= 4 is 16.9 Å². The van der Waals surface area contributed by atoms with E-state index in [4.69, 9.17) is 4.98 Å². The van der Waals surface area contributed by atoms with Gasteiger partial charge < -0.3 is 9.88 Å². The summed E-state index contributed by atoms with van der Waals surface area (Å²) in [6.45, 7) is 10.3. The summed E-state index contributed by atoms with van der Waals surface area (Å²) in [5, 5.41) is 3.04. The lowest BCUT2D eigenvalue weighted by Crippen LogP contribution is -2.24. The number of carbonyl (C=O) groups excluding carboxylic acids is 1. The van der Waals surface area contributed by atoms with Gasteiger partial charge in [-0.25, -0.2) is 4.98 Å². The number of hydrogen-bond donors (Lipinski definition) is 1. The van der Waals surface area contributed by atoms with Crippen LogP contribution in [0.5, 0.6) is 0 Å². The number of nitrogens with zero attached hydrogens (tertiary/aromatic N) is 2. The molecule has 0 radical (unpaired) electrons. The van der Waals surface area contributed by atoms with Crippen molar-refractivity contribution in [3.8, 4) is 0 Å². The van der Waals surface area contributed by atoms with E-state index in [-0.39, 0.29) is 11.3 Å². The fraction of sp³-hybridized carbons (Fsp3) is 0.355. The Balaban J connectivity index is 1.34. The number of amides is 1. The highest BCUT2D eigenvalue weighted by Crippen LogP contribution is 2.24. The van der Waals surface area contributed by atoms with Gasteiger partial charge in [0.25, 0.3) is 5.91 Å². The highest BCUT2D eigenvalue weighted by molar-refractivity contribution is 5.94. The quantitative estimate of drug-likeness (QED) is 0.274. The molecular formula is C31H37N3O. The van der Waals surface area contributed by atoms with Gasteiger partial charge in [0.15, 0.2) is 0 Å². The van der Waals surface area contributed by atoms with Crippen LogP contribution in [-0.2, 0) is 18.4 Å². The van der Waals surface area contributed by atoms with Gasteiger partial charge in [0.05, 0.1) is 11.0 Å². The summed E-state index contributed by atoms with van der Waals surface area (Å²) in [6, 6.07) is 25.1. The van der Waals surface area contributed by atoms with Crippen LogP contribution in [-0.4, -0.2) is 22.0 Å². The van der Waals surface area contributed by atoms with Gasteiger partial charge in [0.1, 0.15) is 5.82 Å². The van der Waals surface area contributed by atoms with Crippen LogP contribution < -0.4 is 5.32 Å². The lowest BCUT2D eigenvalue weighted by Gasteiger charge is -2.19. The van der Waals surface area contributed by atoms with Crippen LogP contribution in [0.3, 0.4) is 0 Å². The number of benzene rings is 3. The predicted molar refractivity (Wildman–Crippen MR) is 145 cm³/mol. The van der Waals surface area contributed by atoms with Gasteiger partial charge in [0, 0.05) is 25.1 Å². The molecule has 1 amide bonds. The molecule has 0 aliphatic heterocycles. The standard InChI is InChI=1S/C31H37N3O/c1-23-13-17-25(18-14-23)30(35)32-21-9-5-6-12-29-33-27-10-7-8-11-28(27)34(29)22-24-15-19-26(20-16-24)31(2,3)4/h7-8,10-11,13-20H,5-6,9,12,21-22H2,1-4H3,(H,32,35). The number of unbranched alkanes of at least 4 members (excludes halogenated alkanes) is 2. The van der Waals surface area contributed by atoms with Crippen LogP contribution in [0.1, 0.15) is 72.9 Å². The average molecular weight is 468 g/mol. The maximum absolute atomic E-state index is 12.3. The third-order valence-electron chi connectivity index (χ3n) is 6.57. The van der Waals surface area contributed by atoms with E-state index in [0.29, 0.717) is 6.54 Å². The molecule has 182 valence electrons. The summed E-state index contributed by atoms with van der Waals surface area (Å²) < 4.78 is 2.36. The zero-order valence-electron chi connectivity index (χ0n) is 21.5. The molecule has 1 N–H and O–H groups in total. The number of aryl methyl sites for hydroxylation is 2. The summed E-state index contributed by atoms with van der Waals surface area (Å²) in [4.78, 5) is 17.2. The number of aromatic nitrogens is 2. The van der Waals surface area contributed by atoms with E-state index < -0.39 is 0 Å². The number of carbonyl (C=O) groups is 1. The second-order valence-electron chi connectivity index (χ2n) is 10.5. The van der Waals surface area contributed by atoms with Crippen LogP contribution in [0.25, 0.3) is 11.0 Å². The van der Waals surface area contributed by atoms with E-state index in [2.05, 4.69) is 79.2 Å². The number of imidazole rings is 1. The fourth-order valence-corrected chi connectivity index (χ4v) is 4.38. The van der Waals surface area contributed by atoms with Crippen LogP contribution in [0.4, 0.5) is 0 Å². The van der Waals surface area contributed by atoms with Crippen LogP contribution in [0.2, 0.25) is 0 Å². The van der Waals surface area contributed by atoms with Gasteiger partial charge in [0.2, 0.25) is 0 Å². The lowest BCUT2D eigenvalue weighted by atomic mass is 9.87. The summed E-state index contributed by atoms with van der Waals surface area (Å²) in [6.07, 6.45) is 4.00. The monoisotopic (exact) mass is 467 g/mol. The molecule has 35 heavy (non-hydrogen) atoms. The molecule has 3 aromatic carbocycles. The van der Waals surface area contributed by atoms with Gasteiger partial charge >= 0.3 is 0 Å². The molecule has 4 aromatic rings. The Morgan fingerprint density at radius 2 is 1.60 bits per heavy atom. The summed E-state index contributed by atoms with van der Waals surface area (Å²) in [7, 11) is 0. The van der Waals surface area contributed by atoms with Crippen molar-refractivity contribution in [1.29, 1.82) is 0 Å². The third-order valence-corrected chi connectivity index (χ3v) is 6.57. The normalized spacial score (nSPS) is 11.7. The Kier molecular flexibility index (Phi) is 7.70. The minimum atomic E-state index is 0.00396. The van der Waals surface area contributed by atoms with Gasteiger partial charge in [-0.1, -0.05) is 81.3 Å².